The molecule has 1 saturated heterocycles. The molecule has 1 aromatic heterocycles. The van der Waals surface area contributed by atoms with Crippen molar-refractivity contribution in [2.45, 2.75) is 53.0 Å². The quantitative estimate of drug-likeness (QED) is 0.466. The summed E-state index contributed by atoms with van der Waals surface area (Å²) in [6, 6.07) is 10.3. The number of hydrogen-bond donors (Lipinski definition) is 2. The summed E-state index contributed by atoms with van der Waals surface area (Å²) in [5.41, 5.74) is 4.41. The number of nitrogens with one attached hydrogen (secondary N) is 2. The van der Waals surface area contributed by atoms with E-state index in [1.807, 2.05) is 44.0 Å². The summed E-state index contributed by atoms with van der Waals surface area (Å²) in [4.78, 5) is 45.0. The van der Waals surface area contributed by atoms with Crippen molar-refractivity contribution in [3.05, 3.63) is 58.4 Å². The number of ether oxygens (including phenoxy) is 1. The molecular formula is C28H40N4O4. The fourth-order valence-corrected chi connectivity index (χ4v) is 4.87. The Morgan fingerprint density at radius 3 is 2.67 bits per heavy atom. The van der Waals surface area contributed by atoms with Crippen molar-refractivity contribution in [3.63, 3.8) is 0 Å². The zero-order chi connectivity index (χ0) is 26.1. The number of likely N-dealkylation sites (N-methyl/N-ethyl adjacent to an activating group) is 1. The number of rotatable bonds is 11. The van der Waals surface area contributed by atoms with Gasteiger partial charge in [0, 0.05) is 44.8 Å². The highest BCUT2D eigenvalue weighted by Crippen LogP contribution is 2.22. The van der Waals surface area contributed by atoms with Gasteiger partial charge in [-0.15, -0.1) is 0 Å². The Kier molecular flexibility index (Phi) is 10.1. The number of carbonyl (C=O) groups excluding carboxylic acids is 3. The van der Waals surface area contributed by atoms with Gasteiger partial charge < -0.3 is 24.8 Å². The first-order chi connectivity index (χ1) is 17.3. The summed E-state index contributed by atoms with van der Waals surface area (Å²) in [6.45, 7) is 9.22. The van der Waals surface area contributed by atoms with E-state index in [1.54, 1.807) is 6.92 Å². The van der Waals surface area contributed by atoms with Crippen molar-refractivity contribution < 1.29 is 19.1 Å². The van der Waals surface area contributed by atoms with Gasteiger partial charge in [0.25, 0.3) is 0 Å². The number of aromatic nitrogens is 1. The van der Waals surface area contributed by atoms with Crippen LogP contribution in [-0.4, -0.2) is 72.4 Å². The third kappa shape index (κ3) is 7.43. The van der Waals surface area contributed by atoms with Crippen LogP contribution in [0.25, 0.3) is 0 Å². The van der Waals surface area contributed by atoms with Crippen LogP contribution in [0.5, 0.6) is 0 Å². The molecule has 0 aliphatic carbocycles. The number of esters is 1. The van der Waals surface area contributed by atoms with E-state index in [1.165, 1.54) is 5.56 Å². The Bertz CT molecular complexity index is 1030. The molecular weight excluding hydrogens is 456 g/mol. The Balaban J connectivity index is 1.44. The van der Waals surface area contributed by atoms with Crippen LogP contribution >= 0.6 is 0 Å². The SMILES string of the molecule is CCOC(=O)c1[nH]c(C)c(CCC(=O)N2CCC[C@@H](C(=O)NCCN(C)Cc3ccccc3)C2)c1C. The average Bonchev–Trinajstić information content (AvgIpc) is 3.16. The number of amides is 2. The standard InChI is InChI=1S/C28H40N4O4/c1-5-36-28(35)26-20(2)24(21(3)30-26)13-14-25(33)32-16-9-12-23(19-32)27(34)29-15-17-31(4)18-22-10-7-6-8-11-22/h6-8,10-11,23,30H,5,9,12-19H2,1-4H3,(H,29,34)/t23-/m1/s1. The lowest BCUT2D eigenvalue weighted by molar-refractivity contribution is -0.135. The predicted molar refractivity (Wildman–Crippen MR) is 140 cm³/mol. The first-order valence-corrected chi connectivity index (χ1v) is 12.9. The minimum absolute atomic E-state index is 0.0250. The largest absolute Gasteiger partial charge is 0.461 e. The highest BCUT2D eigenvalue weighted by Gasteiger charge is 2.28. The summed E-state index contributed by atoms with van der Waals surface area (Å²) in [5.74, 6) is -0.468. The second-order valence-electron chi connectivity index (χ2n) is 9.64. The maximum absolute atomic E-state index is 13.0. The van der Waals surface area contributed by atoms with Gasteiger partial charge >= 0.3 is 5.97 Å². The van der Waals surface area contributed by atoms with Gasteiger partial charge in [0.15, 0.2) is 0 Å². The van der Waals surface area contributed by atoms with E-state index in [-0.39, 0.29) is 23.7 Å². The summed E-state index contributed by atoms with van der Waals surface area (Å²) >= 11 is 0. The molecule has 2 heterocycles. The van der Waals surface area contributed by atoms with Gasteiger partial charge in [-0.05, 0) is 63.8 Å². The maximum Gasteiger partial charge on any atom is 0.355 e. The van der Waals surface area contributed by atoms with Gasteiger partial charge in [-0.1, -0.05) is 30.3 Å². The smallest absolute Gasteiger partial charge is 0.355 e. The summed E-state index contributed by atoms with van der Waals surface area (Å²) < 4.78 is 5.11. The lowest BCUT2D eigenvalue weighted by atomic mass is 9.96. The maximum atomic E-state index is 13.0. The number of nitrogens with zero attached hydrogens (tertiary/aromatic N) is 2. The van der Waals surface area contributed by atoms with Crippen LogP contribution in [0.4, 0.5) is 0 Å². The molecule has 3 rings (SSSR count). The second-order valence-corrected chi connectivity index (χ2v) is 9.64. The van der Waals surface area contributed by atoms with Crippen LogP contribution in [0.1, 0.15) is 59.1 Å². The Labute approximate surface area is 214 Å². The Morgan fingerprint density at radius 2 is 1.94 bits per heavy atom. The molecule has 36 heavy (non-hydrogen) atoms. The number of benzene rings is 1. The molecule has 0 bridgehead atoms. The second kappa shape index (κ2) is 13.3. The van der Waals surface area contributed by atoms with Crippen LogP contribution in [0, 0.1) is 19.8 Å². The number of aryl methyl sites for hydroxylation is 1. The van der Waals surface area contributed by atoms with Crippen LogP contribution in [0.3, 0.4) is 0 Å². The Hall–Kier alpha value is -3.13. The van der Waals surface area contributed by atoms with E-state index >= 15 is 0 Å². The molecule has 0 spiro atoms. The molecule has 0 radical (unpaired) electrons. The molecule has 2 amide bonds. The zero-order valence-electron chi connectivity index (χ0n) is 22.1. The van der Waals surface area contributed by atoms with Gasteiger partial charge in [0.2, 0.25) is 11.8 Å². The van der Waals surface area contributed by atoms with Crippen LogP contribution in [-0.2, 0) is 27.3 Å². The van der Waals surface area contributed by atoms with Crippen LogP contribution < -0.4 is 5.32 Å². The van der Waals surface area contributed by atoms with Gasteiger partial charge in [-0.25, -0.2) is 4.79 Å². The van der Waals surface area contributed by atoms with Crippen LogP contribution in [0.15, 0.2) is 30.3 Å². The molecule has 1 aliphatic rings. The van der Waals surface area contributed by atoms with E-state index in [4.69, 9.17) is 4.74 Å². The number of hydrogen-bond acceptors (Lipinski definition) is 5. The predicted octanol–water partition coefficient (Wildman–Crippen LogP) is 3.23. The molecule has 1 aliphatic heterocycles. The zero-order valence-corrected chi connectivity index (χ0v) is 22.1. The molecule has 8 heteroatoms. The lowest BCUT2D eigenvalue weighted by Gasteiger charge is -2.32. The molecule has 0 saturated carbocycles. The van der Waals surface area contributed by atoms with Crippen LogP contribution in [0.2, 0.25) is 0 Å². The number of H-pyrrole nitrogens is 1. The molecule has 2 aromatic rings. The van der Waals surface area contributed by atoms with E-state index in [2.05, 4.69) is 27.3 Å². The van der Waals surface area contributed by atoms with E-state index in [0.717, 1.165) is 42.8 Å². The molecule has 1 aromatic carbocycles. The van der Waals surface area contributed by atoms with Crippen molar-refractivity contribution >= 4 is 17.8 Å². The summed E-state index contributed by atoms with van der Waals surface area (Å²) in [5, 5.41) is 3.06. The fourth-order valence-electron chi connectivity index (χ4n) is 4.87. The molecule has 0 unspecified atom stereocenters. The monoisotopic (exact) mass is 496 g/mol. The van der Waals surface area contributed by atoms with Gasteiger partial charge in [0.05, 0.1) is 12.5 Å². The highest BCUT2D eigenvalue weighted by molar-refractivity contribution is 5.90. The van der Waals surface area contributed by atoms with Crippen molar-refractivity contribution in [1.82, 2.24) is 20.1 Å². The number of piperidine rings is 1. The van der Waals surface area contributed by atoms with Gasteiger partial charge in [-0.2, -0.15) is 0 Å². The van der Waals surface area contributed by atoms with Gasteiger partial charge in [0.1, 0.15) is 5.69 Å². The summed E-state index contributed by atoms with van der Waals surface area (Å²) in [6.07, 6.45) is 2.52. The summed E-state index contributed by atoms with van der Waals surface area (Å²) in [7, 11) is 2.05. The van der Waals surface area contributed by atoms with Crippen molar-refractivity contribution in [3.8, 4) is 0 Å². The number of aromatic amines is 1. The third-order valence-electron chi connectivity index (χ3n) is 6.89. The van der Waals surface area contributed by atoms with Gasteiger partial charge in [-0.3, -0.25) is 9.59 Å². The number of carbonyl (C=O) groups is 3. The molecule has 1 atom stereocenters. The van der Waals surface area contributed by atoms with Crippen molar-refractivity contribution in [1.29, 1.82) is 0 Å². The normalized spacial score (nSPS) is 15.7. The topological polar surface area (TPSA) is 94.7 Å². The molecule has 2 N–H and O–H groups in total. The lowest BCUT2D eigenvalue weighted by Crippen LogP contribution is -2.46. The van der Waals surface area contributed by atoms with E-state index in [0.29, 0.717) is 44.8 Å². The minimum Gasteiger partial charge on any atom is -0.461 e. The fraction of sp³-hybridized carbons (Fsp3) is 0.536. The highest BCUT2D eigenvalue weighted by atomic mass is 16.5. The first-order valence-electron chi connectivity index (χ1n) is 12.9. The van der Waals surface area contributed by atoms with Crippen molar-refractivity contribution in [2.24, 2.45) is 5.92 Å². The first kappa shape index (κ1) is 27.5. The third-order valence-corrected chi connectivity index (χ3v) is 6.89. The molecule has 8 nitrogen and oxygen atoms in total. The van der Waals surface area contributed by atoms with E-state index < -0.39 is 0 Å². The van der Waals surface area contributed by atoms with E-state index in [9.17, 15) is 14.4 Å². The molecule has 1 fully saturated rings. The average molecular weight is 497 g/mol. The minimum atomic E-state index is -0.369. The Morgan fingerprint density at radius 1 is 1.19 bits per heavy atom. The van der Waals surface area contributed by atoms with Crippen molar-refractivity contribution in [2.75, 3.05) is 39.8 Å². The molecule has 196 valence electrons. The number of likely N-dealkylation sites (tertiary alicyclic amines) is 1.